The molecular formula is C20H20Cl3NO3. The summed E-state index contributed by atoms with van der Waals surface area (Å²) < 4.78 is 5.93. The van der Waals surface area contributed by atoms with Crippen molar-refractivity contribution >= 4 is 40.7 Å². The Kier molecular flexibility index (Phi) is 6.66. The van der Waals surface area contributed by atoms with Crippen molar-refractivity contribution in [2.45, 2.75) is 31.5 Å². The molecule has 4 nitrogen and oxygen atoms in total. The molecule has 27 heavy (non-hydrogen) atoms. The van der Waals surface area contributed by atoms with Gasteiger partial charge in [0.25, 0.3) is 0 Å². The van der Waals surface area contributed by atoms with E-state index < -0.39 is 12.1 Å². The maximum atomic E-state index is 12.7. The lowest BCUT2D eigenvalue weighted by Gasteiger charge is -2.45. The van der Waals surface area contributed by atoms with Gasteiger partial charge in [0, 0.05) is 15.1 Å². The quantitative estimate of drug-likeness (QED) is 0.724. The van der Waals surface area contributed by atoms with Crippen LogP contribution in [0.15, 0.2) is 42.5 Å². The topological polar surface area (TPSA) is 49.8 Å². The first-order valence-electron chi connectivity index (χ1n) is 8.69. The van der Waals surface area contributed by atoms with Crippen molar-refractivity contribution in [2.75, 3.05) is 13.2 Å². The molecule has 1 heterocycles. The van der Waals surface area contributed by atoms with Gasteiger partial charge in [-0.3, -0.25) is 4.79 Å². The molecular weight excluding hydrogens is 409 g/mol. The minimum Gasteiger partial charge on any atom is -0.394 e. The zero-order valence-electron chi connectivity index (χ0n) is 14.7. The summed E-state index contributed by atoms with van der Waals surface area (Å²) in [5.74, 6) is -0.166. The predicted octanol–water partition coefficient (Wildman–Crippen LogP) is 5.06. The molecule has 1 aliphatic heterocycles. The van der Waals surface area contributed by atoms with Crippen molar-refractivity contribution in [1.82, 2.24) is 4.90 Å². The number of aliphatic hydroxyl groups excluding tert-OH is 1. The smallest absolute Gasteiger partial charge is 0.249 e. The zero-order valence-corrected chi connectivity index (χ0v) is 17.0. The van der Waals surface area contributed by atoms with Gasteiger partial charge in [-0.1, -0.05) is 53.9 Å². The van der Waals surface area contributed by atoms with E-state index in [1.807, 2.05) is 19.1 Å². The first-order valence-corrected chi connectivity index (χ1v) is 9.83. The molecule has 0 aliphatic carbocycles. The molecule has 2 aromatic rings. The summed E-state index contributed by atoms with van der Waals surface area (Å²) in [6, 6.07) is 11.7. The Morgan fingerprint density at radius 3 is 2.26 bits per heavy atom. The third-order valence-corrected chi connectivity index (χ3v) is 5.45. The fourth-order valence-corrected chi connectivity index (χ4v) is 4.15. The van der Waals surface area contributed by atoms with E-state index in [1.165, 1.54) is 0 Å². The van der Waals surface area contributed by atoms with Crippen LogP contribution >= 0.6 is 34.8 Å². The van der Waals surface area contributed by atoms with Crippen LogP contribution in [-0.2, 0) is 9.53 Å². The number of hydrogen-bond donors (Lipinski definition) is 1. The molecule has 0 aromatic heterocycles. The van der Waals surface area contributed by atoms with Crippen LogP contribution in [0.4, 0.5) is 0 Å². The first kappa shape index (κ1) is 20.4. The first-order chi connectivity index (χ1) is 12.9. The lowest BCUT2D eigenvalue weighted by atomic mass is 9.91. The number of carbonyl (C=O) groups excluding carboxylic acids is 1. The Bertz CT molecular complexity index is 788. The molecule has 0 spiro atoms. The van der Waals surface area contributed by atoms with E-state index in [-0.39, 0.29) is 25.2 Å². The van der Waals surface area contributed by atoms with E-state index in [4.69, 9.17) is 39.5 Å². The maximum absolute atomic E-state index is 12.7. The zero-order chi connectivity index (χ0) is 19.6. The van der Waals surface area contributed by atoms with Gasteiger partial charge in [0.2, 0.25) is 5.91 Å². The van der Waals surface area contributed by atoms with E-state index in [9.17, 15) is 9.90 Å². The summed E-state index contributed by atoms with van der Waals surface area (Å²) in [5.41, 5.74) is 1.64. The summed E-state index contributed by atoms with van der Waals surface area (Å²) >= 11 is 18.4. The van der Waals surface area contributed by atoms with Crippen LogP contribution in [0.1, 0.15) is 36.6 Å². The molecule has 1 saturated heterocycles. The lowest BCUT2D eigenvalue weighted by Crippen LogP contribution is -2.51. The van der Waals surface area contributed by atoms with Crippen molar-refractivity contribution in [3.8, 4) is 0 Å². The standard InChI is InChI=1S/C20H20Cl3NO3/c1-2-17(10-25)24-18(26)11-27-20(13-7-15(22)9-16(23)8-13)19(24)12-3-5-14(21)6-4-12/h3-9,17,19-20,25H,2,10-11H2,1H3/t17-,19?,20+/m0/s1. The lowest BCUT2D eigenvalue weighted by molar-refractivity contribution is -0.165. The van der Waals surface area contributed by atoms with Crippen molar-refractivity contribution in [1.29, 1.82) is 0 Å². The van der Waals surface area contributed by atoms with Crippen LogP contribution in [0.2, 0.25) is 15.1 Å². The number of benzene rings is 2. The Labute approximate surface area is 173 Å². The molecule has 3 atom stereocenters. The summed E-state index contributed by atoms with van der Waals surface area (Å²) in [6.07, 6.45) is 0.149. The number of amides is 1. The Hall–Kier alpha value is -1.30. The molecule has 1 fully saturated rings. The molecule has 1 amide bonds. The second kappa shape index (κ2) is 8.80. The molecule has 144 valence electrons. The van der Waals surface area contributed by atoms with Gasteiger partial charge < -0.3 is 14.7 Å². The Balaban J connectivity index is 2.12. The predicted molar refractivity (Wildman–Crippen MR) is 107 cm³/mol. The molecule has 7 heteroatoms. The summed E-state index contributed by atoms with van der Waals surface area (Å²) in [5, 5.41) is 11.4. The van der Waals surface area contributed by atoms with Crippen LogP contribution in [0, 0.1) is 0 Å². The van der Waals surface area contributed by atoms with Crippen LogP contribution in [0.25, 0.3) is 0 Å². The molecule has 3 rings (SSSR count). The van der Waals surface area contributed by atoms with Gasteiger partial charge in [0.05, 0.1) is 18.7 Å². The van der Waals surface area contributed by atoms with Gasteiger partial charge in [0.1, 0.15) is 12.7 Å². The van der Waals surface area contributed by atoms with E-state index in [0.29, 0.717) is 21.5 Å². The van der Waals surface area contributed by atoms with Crippen molar-refractivity contribution in [2.24, 2.45) is 0 Å². The SMILES string of the molecule is CC[C@@H](CO)N1C(=O)CO[C@H](c2cc(Cl)cc(Cl)c2)C1c1ccc(Cl)cc1. The highest BCUT2D eigenvalue weighted by atomic mass is 35.5. The van der Waals surface area contributed by atoms with Gasteiger partial charge in [-0.25, -0.2) is 0 Å². The number of nitrogens with zero attached hydrogens (tertiary/aromatic N) is 1. The minimum atomic E-state index is -0.472. The number of ether oxygens (including phenoxy) is 1. The molecule has 0 bridgehead atoms. The molecule has 0 radical (unpaired) electrons. The average Bonchev–Trinajstić information content (AvgIpc) is 2.63. The van der Waals surface area contributed by atoms with E-state index >= 15 is 0 Å². The Morgan fingerprint density at radius 2 is 1.70 bits per heavy atom. The van der Waals surface area contributed by atoms with Gasteiger partial charge in [-0.2, -0.15) is 0 Å². The highest BCUT2D eigenvalue weighted by molar-refractivity contribution is 6.34. The normalized spacial score (nSPS) is 21.4. The summed E-state index contributed by atoms with van der Waals surface area (Å²) in [7, 11) is 0. The molecule has 1 unspecified atom stereocenters. The van der Waals surface area contributed by atoms with Crippen LogP contribution in [0.5, 0.6) is 0 Å². The molecule has 1 aliphatic rings. The average molecular weight is 429 g/mol. The van der Waals surface area contributed by atoms with Crippen LogP contribution < -0.4 is 0 Å². The van der Waals surface area contributed by atoms with Crippen LogP contribution in [-0.4, -0.2) is 35.2 Å². The highest BCUT2D eigenvalue weighted by Crippen LogP contribution is 2.42. The van der Waals surface area contributed by atoms with E-state index in [0.717, 1.165) is 11.1 Å². The van der Waals surface area contributed by atoms with Gasteiger partial charge in [-0.15, -0.1) is 0 Å². The minimum absolute atomic E-state index is 0.0740. The number of morpholine rings is 1. The molecule has 1 N–H and O–H groups in total. The van der Waals surface area contributed by atoms with Crippen molar-refractivity contribution in [3.63, 3.8) is 0 Å². The fraction of sp³-hybridized carbons (Fsp3) is 0.350. The third kappa shape index (κ3) is 4.41. The largest absolute Gasteiger partial charge is 0.394 e. The number of hydrogen-bond acceptors (Lipinski definition) is 3. The highest BCUT2D eigenvalue weighted by Gasteiger charge is 2.41. The van der Waals surface area contributed by atoms with Gasteiger partial charge in [0.15, 0.2) is 0 Å². The maximum Gasteiger partial charge on any atom is 0.249 e. The number of carbonyl (C=O) groups is 1. The summed E-state index contributed by atoms with van der Waals surface area (Å²) in [4.78, 5) is 14.4. The van der Waals surface area contributed by atoms with E-state index in [2.05, 4.69) is 0 Å². The van der Waals surface area contributed by atoms with Gasteiger partial charge >= 0.3 is 0 Å². The summed E-state index contributed by atoms with van der Waals surface area (Å²) in [6.45, 7) is 1.73. The van der Waals surface area contributed by atoms with Gasteiger partial charge in [-0.05, 0) is 47.9 Å². The number of halogens is 3. The van der Waals surface area contributed by atoms with E-state index in [1.54, 1.807) is 35.2 Å². The second-order valence-electron chi connectivity index (χ2n) is 6.48. The van der Waals surface area contributed by atoms with Crippen molar-refractivity contribution < 1.29 is 14.6 Å². The molecule has 2 aromatic carbocycles. The van der Waals surface area contributed by atoms with Crippen molar-refractivity contribution in [3.05, 3.63) is 68.7 Å². The molecule has 0 saturated carbocycles. The number of rotatable bonds is 5. The third-order valence-electron chi connectivity index (χ3n) is 4.76. The second-order valence-corrected chi connectivity index (χ2v) is 7.79. The van der Waals surface area contributed by atoms with Crippen LogP contribution in [0.3, 0.4) is 0 Å². The Morgan fingerprint density at radius 1 is 1.07 bits per heavy atom. The fourth-order valence-electron chi connectivity index (χ4n) is 3.49. The number of aliphatic hydroxyl groups is 1. The monoisotopic (exact) mass is 427 g/mol.